The number of rotatable bonds is 5. The first-order valence-electron chi connectivity index (χ1n) is 6.98. The Morgan fingerprint density at radius 3 is 2.71 bits per heavy atom. The van der Waals surface area contributed by atoms with Crippen LogP contribution in [-0.2, 0) is 4.79 Å². The van der Waals surface area contributed by atoms with Crippen molar-refractivity contribution < 1.29 is 14.3 Å². The minimum absolute atomic E-state index is 0.244. The third kappa shape index (κ3) is 4.48. The summed E-state index contributed by atoms with van der Waals surface area (Å²) in [7, 11) is 1.53. The lowest BCUT2D eigenvalue weighted by atomic mass is 10.2. The molecule has 2 N–H and O–H groups in total. The molecule has 122 valence electrons. The van der Waals surface area contributed by atoms with Crippen LogP contribution in [0, 0.1) is 11.3 Å². The van der Waals surface area contributed by atoms with Gasteiger partial charge in [0, 0.05) is 18.3 Å². The molecule has 0 heterocycles. The number of nitriles is 1. The largest absolute Gasteiger partial charge is 0.482 e. The number of nitrogens with one attached hydrogen (secondary N) is 2. The van der Waals surface area contributed by atoms with Gasteiger partial charge in [-0.2, -0.15) is 5.26 Å². The zero-order valence-electron chi connectivity index (χ0n) is 12.8. The standard InChI is InChI=1S/C17H14ClN3O3/c1-20-17(23)12-3-2-4-13(8-12)21-16(22)10-24-15-6-5-11(9-19)7-14(15)18/h2-8H,10H2,1H3,(H,20,23)(H,21,22). The zero-order valence-corrected chi connectivity index (χ0v) is 13.6. The molecule has 6 nitrogen and oxygen atoms in total. The van der Waals surface area contributed by atoms with Crippen molar-refractivity contribution in [1.29, 1.82) is 5.26 Å². The van der Waals surface area contributed by atoms with Crippen molar-refractivity contribution >= 4 is 29.1 Å². The quantitative estimate of drug-likeness (QED) is 0.872. The molecule has 2 amide bonds. The third-order valence-corrected chi connectivity index (χ3v) is 3.35. The smallest absolute Gasteiger partial charge is 0.262 e. The predicted octanol–water partition coefficient (Wildman–Crippen LogP) is 2.59. The Morgan fingerprint density at radius 1 is 1.25 bits per heavy atom. The monoisotopic (exact) mass is 343 g/mol. The van der Waals surface area contributed by atoms with Gasteiger partial charge in [0.15, 0.2) is 6.61 Å². The lowest BCUT2D eigenvalue weighted by Gasteiger charge is -2.09. The first kappa shape index (κ1) is 17.3. The van der Waals surface area contributed by atoms with E-state index >= 15 is 0 Å². The van der Waals surface area contributed by atoms with Crippen LogP contribution in [0.1, 0.15) is 15.9 Å². The van der Waals surface area contributed by atoms with Crippen molar-refractivity contribution in [2.24, 2.45) is 0 Å². The molecule has 2 rings (SSSR count). The molecule has 0 radical (unpaired) electrons. The van der Waals surface area contributed by atoms with Crippen molar-refractivity contribution in [2.45, 2.75) is 0 Å². The average Bonchev–Trinajstić information content (AvgIpc) is 2.60. The van der Waals surface area contributed by atoms with E-state index in [2.05, 4.69) is 10.6 Å². The molecule has 0 atom stereocenters. The molecule has 0 spiro atoms. The van der Waals surface area contributed by atoms with Gasteiger partial charge >= 0.3 is 0 Å². The Morgan fingerprint density at radius 2 is 2.04 bits per heavy atom. The second kappa shape index (κ2) is 7.99. The van der Waals surface area contributed by atoms with Crippen LogP contribution in [0.25, 0.3) is 0 Å². The molecule has 2 aromatic rings. The Balaban J connectivity index is 1.97. The molecule has 0 aromatic heterocycles. The fourth-order valence-electron chi connectivity index (χ4n) is 1.91. The predicted molar refractivity (Wildman–Crippen MR) is 90.1 cm³/mol. The summed E-state index contributed by atoms with van der Waals surface area (Å²) in [6.45, 7) is -0.254. The molecule has 0 bridgehead atoms. The Labute approximate surface area is 144 Å². The summed E-state index contributed by atoms with van der Waals surface area (Å²) in [6, 6.07) is 13.0. The summed E-state index contributed by atoms with van der Waals surface area (Å²) in [5.41, 5.74) is 1.32. The van der Waals surface area contributed by atoms with Crippen LogP contribution in [0.4, 0.5) is 5.69 Å². The van der Waals surface area contributed by atoms with Crippen molar-refractivity contribution in [3.8, 4) is 11.8 Å². The lowest BCUT2D eigenvalue weighted by molar-refractivity contribution is -0.118. The first-order chi connectivity index (χ1) is 11.5. The molecule has 0 unspecified atom stereocenters. The highest BCUT2D eigenvalue weighted by atomic mass is 35.5. The van der Waals surface area contributed by atoms with Gasteiger partial charge < -0.3 is 15.4 Å². The Kier molecular flexibility index (Phi) is 5.77. The molecule has 0 fully saturated rings. The van der Waals surface area contributed by atoms with E-state index in [9.17, 15) is 9.59 Å². The number of nitrogens with zero attached hydrogens (tertiary/aromatic N) is 1. The highest BCUT2D eigenvalue weighted by Gasteiger charge is 2.09. The number of carbonyl (C=O) groups excluding carboxylic acids is 2. The first-order valence-corrected chi connectivity index (χ1v) is 7.35. The highest BCUT2D eigenvalue weighted by Crippen LogP contribution is 2.25. The molecule has 2 aromatic carbocycles. The number of amides is 2. The van der Waals surface area contributed by atoms with Crippen LogP contribution in [0.5, 0.6) is 5.75 Å². The number of anilines is 1. The summed E-state index contributed by atoms with van der Waals surface area (Å²) in [5, 5.41) is 14.2. The van der Waals surface area contributed by atoms with Gasteiger partial charge in [-0.05, 0) is 36.4 Å². The number of benzene rings is 2. The zero-order chi connectivity index (χ0) is 17.5. The molecule has 0 saturated heterocycles. The number of hydrogen-bond acceptors (Lipinski definition) is 4. The van der Waals surface area contributed by atoms with Crippen LogP contribution in [-0.4, -0.2) is 25.5 Å². The van der Waals surface area contributed by atoms with Crippen LogP contribution in [0.15, 0.2) is 42.5 Å². The molecular weight excluding hydrogens is 330 g/mol. The van der Waals surface area contributed by atoms with Gasteiger partial charge in [0.05, 0.1) is 16.7 Å². The van der Waals surface area contributed by atoms with E-state index in [0.29, 0.717) is 22.6 Å². The highest BCUT2D eigenvalue weighted by molar-refractivity contribution is 6.32. The van der Waals surface area contributed by atoms with Crippen LogP contribution in [0.2, 0.25) is 5.02 Å². The Hall–Kier alpha value is -3.04. The van der Waals surface area contributed by atoms with Crippen LogP contribution in [0.3, 0.4) is 0 Å². The average molecular weight is 344 g/mol. The minimum Gasteiger partial charge on any atom is -0.482 e. The molecule has 24 heavy (non-hydrogen) atoms. The maximum Gasteiger partial charge on any atom is 0.262 e. The van der Waals surface area contributed by atoms with Gasteiger partial charge in [-0.1, -0.05) is 17.7 Å². The lowest BCUT2D eigenvalue weighted by Crippen LogP contribution is -2.21. The third-order valence-electron chi connectivity index (χ3n) is 3.06. The van der Waals surface area contributed by atoms with E-state index in [1.807, 2.05) is 6.07 Å². The molecule has 0 aliphatic heterocycles. The second-order valence-corrected chi connectivity index (χ2v) is 5.16. The number of hydrogen-bond donors (Lipinski definition) is 2. The van der Waals surface area contributed by atoms with E-state index in [4.69, 9.17) is 21.6 Å². The summed E-state index contributed by atoms with van der Waals surface area (Å²) < 4.78 is 5.34. The number of carbonyl (C=O) groups is 2. The normalized spacial score (nSPS) is 9.71. The summed E-state index contributed by atoms with van der Waals surface area (Å²) >= 11 is 5.97. The fourth-order valence-corrected chi connectivity index (χ4v) is 2.15. The van der Waals surface area contributed by atoms with E-state index in [0.717, 1.165) is 0 Å². The van der Waals surface area contributed by atoms with Crippen molar-refractivity contribution in [1.82, 2.24) is 5.32 Å². The number of halogens is 1. The molecule has 0 saturated carbocycles. The summed E-state index contributed by atoms with van der Waals surface area (Å²) in [6.07, 6.45) is 0. The number of ether oxygens (including phenoxy) is 1. The van der Waals surface area contributed by atoms with Crippen molar-refractivity contribution in [3.63, 3.8) is 0 Å². The maximum atomic E-state index is 11.9. The SMILES string of the molecule is CNC(=O)c1cccc(NC(=O)COc2ccc(C#N)cc2Cl)c1. The summed E-state index contributed by atoms with van der Waals surface area (Å²) in [5.74, 6) is -0.332. The summed E-state index contributed by atoms with van der Waals surface area (Å²) in [4.78, 5) is 23.5. The van der Waals surface area contributed by atoms with E-state index < -0.39 is 5.91 Å². The van der Waals surface area contributed by atoms with Gasteiger partial charge in [0.1, 0.15) is 5.75 Å². The second-order valence-electron chi connectivity index (χ2n) is 4.75. The van der Waals surface area contributed by atoms with E-state index in [1.54, 1.807) is 30.3 Å². The maximum absolute atomic E-state index is 11.9. The topological polar surface area (TPSA) is 91.2 Å². The Bertz CT molecular complexity index is 815. The fraction of sp³-hybridized carbons (Fsp3) is 0.118. The van der Waals surface area contributed by atoms with Gasteiger partial charge in [0.25, 0.3) is 11.8 Å². The van der Waals surface area contributed by atoms with Gasteiger partial charge in [-0.25, -0.2) is 0 Å². The van der Waals surface area contributed by atoms with Crippen molar-refractivity contribution in [3.05, 3.63) is 58.6 Å². The van der Waals surface area contributed by atoms with Gasteiger partial charge in [-0.3, -0.25) is 9.59 Å². The van der Waals surface area contributed by atoms with Crippen molar-refractivity contribution in [2.75, 3.05) is 19.0 Å². The van der Waals surface area contributed by atoms with Crippen LogP contribution >= 0.6 is 11.6 Å². The molecule has 0 aliphatic carbocycles. The molecule has 0 aliphatic rings. The van der Waals surface area contributed by atoms with E-state index in [-0.39, 0.29) is 17.5 Å². The van der Waals surface area contributed by atoms with Gasteiger partial charge in [-0.15, -0.1) is 0 Å². The molecule has 7 heteroatoms. The van der Waals surface area contributed by atoms with E-state index in [1.165, 1.54) is 19.2 Å². The minimum atomic E-state index is -0.399. The van der Waals surface area contributed by atoms with Crippen LogP contribution < -0.4 is 15.4 Å². The molecular formula is C17H14ClN3O3. The van der Waals surface area contributed by atoms with Gasteiger partial charge in [0.2, 0.25) is 0 Å².